The van der Waals surface area contributed by atoms with E-state index in [-0.39, 0.29) is 31.3 Å². The van der Waals surface area contributed by atoms with Crippen LogP contribution in [-0.2, 0) is 25.6 Å². The highest BCUT2D eigenvalue weighted by molar-refractivity contribution is 5.89. The molecule has 2 atom stereocenters. The first-order valence-electron chi connectivity index (χ1n) is 12.9. The Balaban J connectivity index is 0.00000269. The van der Waals surface area contributed by atoms with Gasteiger partial charge in [0.15, 0.2) is 5.96 Å². The molecule has 11 heteroatoms. The monoisotopic (exact) mass is 545 g/mol. The first-order chi connectivity index (χ1) is 18.6. The van der Waals surface area contributed by atoms with Gasteiger partial charge in [0, 0.05) is 33.1 Å². The number of hydrogen-bond acceptors (Lipinski definition) is 5. The zero-order chi connectivity index (χ0) is 29.8. The molecule has 0 heterocycles. The Hall–Kier alpha value is -4.15. The third-order valence-corrected chi connectivity index (χ3v) is 5.40. The Bertz CT molecular complexity index is 1070. The average molecular weight is 546 g/mol. The molecule has 0 aliphatic carbocycles. The van der Waals surface area contributed by atoms with Gasteiger partial charge in [-0.15, -0.1) is 0 Å². The van der Waals surface area contributed by atoms with Crippen LogP contribution in [0.5, 0.6) is 0 Å². The summed E-state index contributed by atoms with van der Waals surface area (Å²) in [6.07, 6.45) is 1.05. The second-order valence-electron chi connectivity index (χ2n) is 8.65. The Morgan fingerprint density at radius 2 is 1.67 bits per heavy atom. The zero-order valence-electron chi connectivity index (χ0n) is 23.5. The van der Waals surface area contributed by atoms with Gasteiger partial charge in [0.2, 0.25) is 11.8 Å². The number of nitrogens with one attached hydrogen (secondary N) is 2. The lowest BCUT2D eigenvalue weighted by molar-refractivity contribution is -0.139. The van der Waals surface area contributed by atoms with Gasteiger partial charge in [-0.3, -0.25) is 24.2 Å². The molecule has 2 aromatic rings. The van der Waals surface area contributed by atoms with Crippen molar-refractivity contribution in [2.24, 2.45) is 10.7 Å². The summed E-state index contributed by atoms with van der Waals surface area (Å²) in [7, 11) is 3.57. The molecule has 0 radical (unpaired) electrons. The first kappa shape index (κ1) is 34.9. The molecule has 0 bridgehead atoms. The van der Waals surface area contributed by atoms with Crippen molar-refractivity contribution >= 4 is 41.0 Å². The number of carbonyl (C=O) groups excluding carboxylic acids is 2. The molecule has 2 aromatic carbocycles. The number of guanidine groups is 1. The van der Waals surface area contributed by atoms with Gasteiger partial charge in [0.25, 0.3) is 6.47 Å². The van der Waals surface area contributed by atoms with E-state index in [1.54, 1.807) is 19.0 Å². The van der Waals surface area contributed by atoms with Crippen molar-refractivity contribution in [3.05, 3.63) is 48.0 Å². The summed E-state index contributed by atoms with van der Waals surface area (Å²) in [6.45, 7) is 6.08. The third kappa shape index (κ3) is 14.4. The van der Waals surface area contributed by atoms with Crippen LogP contribution in [0.4, 0.5) is 0 Å². The minimum absolute atomic E-state index is 0.167. The number of benzene rings is 2. The second-order valence-corrected chi connectivity index (χ2v) is 8.65. The Kier molecular flexibility index (Phi) is 17.8. The number of amides is 2. The fourth-order valence-electron chi connectivity index (χ4n) is 3.58. The summed E-state index contributed by atoms with van der Waals surface area (Å²) >= 11 is 0. The second kappa shape index (κ2) is 19.9. The van der Waals surface area contributed by atoms with Crippen molar-refractivity contribution < 1.29 is 29.4 Å². The molecule has 0 saturated carbocycles. The summed E-state index contributed by atoms with van der Waals surface area (Å²) < 4.78 is 0. The van der Waals surface area contributed by atoms with Crippen LogP contribution in [0, 0.1) is 0 Å². The number of carbonyl (C=O) groups is 4. The lowest BCUT2D eigenvalue weighted by Gasteiger charge is -2.22. The van der Waals surface area contributed by atoms with E-state index in [1.807, 2.05) is 45.0 Å². The first-order valence-corrected chi connectivity index (χ1v) is 12.9. The standard InChI is InChI=1S/C25H35N5O4.C2H6.CH2O2/c1-17(16-19-10-6-9-18-8-4-5-11-20(18)19)28-24(34)21(29-22(31)13-14-23(32)33)12-7-15-27-25(26)30(2)3;1-2;2-1-3/h4-6,8-11,17,21H,7,12-16H2,1-3H3,(H2,26,27)(H,28,34)(H,29,31)(H,32,33);1-2H3;1H,(H,2,3). The molecule has 0 fully saturated rings. The molecule has 11 nitrogen and oxygen atoms in total. The van der Waals surface area contributed by atoms with Crippen LogP contribution >= 0.6 is 0 Å². The minimum atomic E-state index is -1.06. The third-order valence-electron chi connectivity index (χ3n) is 5.40. The van der Waals surface area contributed by atoms with E-state index in [4.69, 9.17) is 20.7 Å². The fraction of sp³-hybridized carbons (Fsp3) is 0.464. The molecular formula is C28H43N5O6. The molecule has 2 rings (SSSR count). The minimum Gasteiger partial charge on any atom is -0.483 e. The topological polar surface area (TPSA) is 174 Å². The van der Waals surface area contributed by atoms with Gasteiger partial charge in [0.1, 0.15) is 6.04 Å². The SMILES string of the molecule is CC.CC(Cc1cccc2ccccc12)NC(=O)C(CCCN=C(N)N(C)C)NC(=O)CCC(=O)O.O=CO. The van der Waals surface area contributed by atoms with Crippen LogP contribution in [0.15, 0.2) is 47.5 Å². The van der Waals surface area contributed by atoms with Gasteiger partial charge < -0.3 is 31.5 Å². The van der Waals surface area contributed by atoms with E-state index in [0.717, 1.165) is 16.3 Å². The molecule has 6 N–H and O–H groups in total. The predicted molar refractivity (Wildman–Crippen MR) is 154 cm³/mol. The zero-order valence-corrected chi connectivity index (χ0v) is 23.5. The molecule has 39 heavy (non-hydrogen) atoms. The number of rotatable bonds is 12. The highest BCUT2D eigenvalue weighted by Gasteiger charge is 2.22. The molecule has 216 valence electrons. The van der Waals surface area contributed by atoms with E-state index < -0.39 is 17.9 Å². The lowest BCUT2D eigenvalue weighted by Crippen LogP contribution is -2.49. The summed E-state index contributed by atoms with van der Waals surface area (Å²) in [5.41, 5.74) is 6.92. The molecule has 0 saturated heterocycles. The van der Waals surface area contributed by atoms with Crippen molar-refractivity contribution in [1.82, 2.24) is 15.5 Å². The highest BCUT2D eigenvalue weighted by Crippen LogP contribution is 2.19. The molecule has 0 spiro atoms. The summed E-state index contributed by atoms with van der Waals surface area (Å²) in [6, 6.07) is 13.2. The lowest BCUT2D eigenvalue weighted by atomic mass is 9.99. The summed E-state index contributed by atoms with van der Waals surface area (Å²) in [5.74, 6) is -1.45. The van der Waals surface area contributed by atoms with Crippen molar-refractivity contribution in [2.45, 2.75) is 65.0 Å². The van der Waals surface area contributed by atoms with Crippen molar-refractivity contribution in [1.29, 1.82) is 0 Å². The van der Waals surface area contributed by atoms with E-state index >= 15 is 0 Å². The molecule has 2 unspecified atom stereocenters. The maximum absolute atomic E-state index is 13.0. The number of nitrogens with two attached hydrogens (primary N) is 1. The number of carboxylic acids is 1. The number of nitrogens with zero attached hydrogens (tertiary/aromatic N) is 2. The maximum atomic E-state index is 13.0. The number of fused-ring (bicyclic) bond motifs is 1. The summed E-state index contributed by atoms with van der Waals surface area (Å²) in [5, 5.41) is 23.7. The number of aliphatic carboxylic acids is 1. The van der Waals surface area contributed by atoms with E-state index in [2.05, 4.69) is 33.8 Å². The maximum Gasteiger partial charge on any atom is 0.303 e. The van der Waals surface area contributed by atoms with Crippen LogP contribution in [-0.4, -0.2) is 78.1 Å². The quantitative estimate of drug-likeness (QED) is 0.117. The molecule has 0 aliphatic rings. The van der Waals surface area contributed by atoms with E-state index in [9.17, 15) is 14.4 Å². The summed E-state index contributed by atoms with van der Waals surface area (Å²) in [4.78, 5) is 50.3. The van der Waals surface area contributed by atoms with Crippen molar-refractivity contribution in [3.8, 4) is 0 Å². The van der Waals surface area contributed by atoms with Gasteiger partial charge in [-0.05, 0) is 42.5 Å². The Morgan fingerprint density at radius 3 is 2.28 bits per heavy atom. The van der Waals surface area contributed by atoms with Crippen LogP contribution in [0.2, 0.25) is 0 Å². The van der Waals surface area contributed by atoms with E-state index in [0.29, 0.717) is 31.8 Å². The van der Waals surface area contributed by atoms with Crippen LogP contribution in [0.25, 0.3) is 10.8 Å². The molecule has 0 aromatic heterocycles. The predicted octanol–water partition coefficient (Wildman–Crippen LogP) is 2.62. The van der Waals surface area contributed by atoms with Gasteiger partial charge in [-0.1, -0.05) is 56.3 Å². The largest absolute Gasteiger partial charge is 0.483 e. The Labute approximate surface area is 230 Å². The normalized spacial score (nSPS) is 12.0. The van der Waals surface area contributed by atoms with Gasteiger partial charge in [-0.2, -0.15) is 0 Å². The van der Waals surface area contributed by atoms with Gasteiger partial charge >= 0.3 is 5.97 Å². The smallest absolute Gasteiger partial charge is 0.303 e. The van der Waals surface area contributed by atoms with Gasteiger partial charge in [-0.25, -0.2) is 0 Å². The number of aliphatic imine (C=N–C) groups is 1. The number of carboxylic acid groups (broad SMARTS) is 2. The van der Waals surface area contributed by atoms with Crippen molar-refractivity contribution in [2.75, 3.05) is 20.6 Å². The fourth-order valence-corrected chi connectivity index (χ4v) is 3.58. The highest BCUT2D eigenvalue weighted by atomic mass is 16.4. The van der Waals surface area contributed by atoms with Crippen LogP contribution in [0.1, 0.15) is 52.0 Å². The molecule has 2 amide bonds. The average Bonchev–Trinajstić information content (AvgIpc) is 2.90. The van der Waals surface area contributed by atoms with Crippen LogP contribution in [0.3, 0.4) is 0 Å². The number of hydrogen-bond donors (Lipinski definition) is 5. The van der Waals surface area contributed by atoms with Crippen LogP contribution < -0.4 is 16.4 Å². The molecular weight excluding hydrogens is 502 g/mol. The Morgan fingerprint density at radius 1 is 1.05 bits per heavy atom. The van der Waals surface area contributed by atoms with Gasteiger partial charge in [0.05, 0.1) is 6.42 Å². The van der Waals surface area contributed by atoms with E-state index in [1.165, 1.54) is 0 Å². The van der Waals surface area contributed by atoms with Crippen molar-refractivity contribution in [3.63, 3.8) is 0 Å². The molecule has 0 aliphatic heterocycles.